The van der Waals surface area contributed by atoms with Crippen LogP contribution in [0.3, 0.4) is 0 Å². The molecule has 6 heteroatoms. The van der Waals surface area contributed by atoms with Gasteiger partial charge in [-0.25, -0.2) is 4.98 Å². The van der Waals surface area contributed by atoms with E-state index < -0.39 is 0 Å². The lowest BCUT2D eigenvalue weighted by Gasteiger charge is -2.03. The fourth-order valence-corrected chi connectivity index (χ4v) is 3.17. The number of hydrogen-bond acceptors (Lipinski definition) is 3. The fraction of sp³-hybridized carbons (Fsp3) is 0.706. The Morgan fingerprint density at radius 3 is 2.26 bits per heavy atom. The van der Waals surface area contributed by atoms with E-state index in [0.29, 0.717) is 15.9 Å². The standard InChI is InChI=1S/C17H28N4OS/c1-4-5-6-7-8-9-10-11-12-13-18-15-14(20(13)2)16(22)19-17(23)21(15)3/h4-12H2,1-3H3,(H,19,22,23). The molecule has 0 radical (unpaired) electrons. The highest BCUT2D eigenvalue weighted by atomic mass is 32.1. The first-order valence-electron chi connectivity index (χ1n) is 8.70. The summed E-state index contributed by atoms with van der Waals surface area (Å²) >= 11 is 5.14. The summed E-state index contributed by atoms with van der Waals surface area (Å²) in [6.07, 6.45) is 11.3. The van der Waals surface area contributed by atoms with Gasteiger partial charge in [-0.15, -0.1) is 0 Å². The summed E-state index contributed by atoms with van der Waals surface area (Å²) < 4.78 is 4.09. The van der Waals surface area contributed by atoms with Crippen molar-refractivity contribution in [3.63, 3.8) is 0 Å². The zero-order valence-corrected chi connectivity index (χ0v) is 15.3. The molecule has 0 aliphatic rings. The highest BCUT2D eigenvalue weighted by Crippen LogP contribution is 2.14. The largest absolute Gasteiger partial charge is 0.325 e. The van der Waals surface area contributed by atoms with Crippen LogP contribution in [0.2, 0.25) is 0 Å². The number of H-pyrrole nitrogens is 1. The zero-order chi connectivity index (χ0) is 16.8. The molecule has 0 aliphatic carbocycles. The second-order valence-corrected chi connectivity index (χ2v) is 6.69. The number of nitrogens with zero attached hydrogens (tertiary/aromatic N) is 3. The van der Waals surface area contributed by atoms with E-state index in [2.05, 4.69) is 16.9 Å². The molecule has 0 unspecified atom stereocenters. The average Bonchev–Trinajstić information content (AvgIpc) is 2.85. The van der Waals surface area contributed by atoms with E-state index in [1.165, 1.54) is 44.9 Å². The van der Waals surface area contributed by atoms with Crippen LogP contribution in [0, 0.1) is 4.77 Å². The maximum atomic E-state index is 12.1. The lowest BCUT2D eigenvalue weighted by Crippen LogP contribution is -2.14. The van der Waals surface area contributed by atoms with Gasteiger partial charge in [-0.05, 0) is 18.6 Å². The van der Waals surface area contributed by atoms with Crippen molar-refractivity contribution in [1.82, 2.24) is 19.1 Å². The molecule has 0 aromatic carbocycles. The molecule has 0 spiro atoms. The number of imidazole rings is 1. The molecule has 2 aromatic rings. The second-order valence-electron chi connectivity index (χ2n) is 6.30. The molecule has 2 rings (SSSR count). The number of hydrogen-bond donors (Lipinski definition) is 1. The summed E-state index contributed by atoms with van der Waals surface area (Å²) in [4.78, 5) is 19.4. The lowest BCUT2D eigenvalue weighted by molar-refractivity contribution is 0.569. The maximum absolute atomic E-state index is 12.1. The maximum Gasteiger partial charge on any atom is 0.277 e. The Labute approximate surface area is 142 Å². The molecule has 128 valence electrons. The van der Waals surface area contributed by atoms with E-state index >= 15 is 0 Å². The van der Waals surface area contributed by atoms with Crippen LogP contribution in [-0.4, -0.2) is 19.1 Å². The quantitative estimate of drug-likeness (QED) is 0.556. The third-order valence-electron chi connectivity index (χ3n) is 4.48. The minimum Gasteiger partial charge on any atom is -0.325 e. The summed E-state index contributed by atoms with van der Waals surface area (Å²) in [7, 11) is 3.75. The minimum atomic E-state index is -0.153. The van der Waals surface area contributed by atoms with Gasteiger partial charge >= 0.3 is 0 Å². The highest BCUT2D eigenvalue weighted by Gasteiger charge is 2.13. The molecular formula is C17H28N4OS. The Bertz CT molecular complexity index is 756. The van der Waals surface area contributed by atoms with Crippen LogP contribution in [0.25, 0.3) is 11.2 Å². The van der Waals surface area contributed by atoms with Crippen molar-refractivity contribution in [2.75, 3.05) is 0 Å². The highest BCUT2D eigenvalue weighted by molar-refractivity contribution is 7.71. The predicted molar refractivity (Wildman–Crippen MR) is 97.5 cm³/mol. The van der Waals surface area contributed by atoms with Gasteiger partial charge in [0.1, 0.15) is 5.82 Å². The molecule has 0 saturated carbocycles. The smallest absolute Gasteiger partial charge is 0.277 e. The zero-order valence-electron chi connectivity index (χ0n) is 14.5. The normalized spacial score (nSPS) is 11.4. The third-order valence-corrected chi connectivity index (χ3v) is 4.86. The first-order valence-corrected chi connectivity index (χ1v) is 9.11. The van der Waals surface area contributed by atoms with Gasteiger partial charge in [0.25, 0.3) is 5.56 Å². The van der Waals surface area contributed by atoms with Crippen LogP contribution in [0.15, 0.2) is 4.79 Å². The monoisotopic (exact) mass is 336 g/mol. The van der Waals surface area contributed by atoms with Gasteiger partial charge in [0.05, 0.1) is 0 Å². The summed E-state index contributed by atoms with van der Waals surface area (Å²) in [6.45, 7) is 2.25. The molecular weight excluding hydrogens is 308 g/mol. The number of nitrogens with one attached hydrogen (secondary N) is 1. The van der Waals surface area contributed by atoms with Gasteiger partial charge < -0.3 is 9.13 Å². The molecule has 5 nitrogen and oxygen atoms in total. The van der Waals surface area contributed by atoms with Crippen LogP contribution in [-0.2, 0) is 20.5 Å². The van der Waals surface area contributed by atoms with Crippen molar-refractivity contribution in [2.45, 2.75) is 64.7 Å². The van der Waals surface area contributed by atoms with Crippen molar-refractivity contribution >= 4 is 23.4 Å². The number of rotatable bonds is 9. The molecule has 0 bridgehead atoms. The second kappa shape index (κ2) is 8.43. The van der Waals surface area contributed by atoms with Gasteiger partial charge in [0, 0.05) is 20.5 Å². The van der Waals surface area contributed by atoms with Crippen molar-refractivity contribution in [2.24, 2.45) is 14.1 Å². The molecule has 0 aliphatic heterocycles. The number of unbranched alkanes of at least 4 members (excludes halogenated alkanes) is 7. The first kappa shape index (κ1) is 17.9. The van der Waals surface area contributed by atoms with Gasteiger partial charge in [-0.3, -0.25) is 9.78 Å². The SMILES string of the molecule is CCCCCCCCCCc1nc2c(c(=O)[nH]c(=S)n2C)n1C. The summed E-state index contributed by atoms with van der Waals surface area (Å²) in [6, 6.07) is 0. The van der Waals surface area contributed by atoms with Crippen LogP contribution < -0.4 is 5.56 Å². The Hall–Kier alpha value is -1.43. The number of fused-ring (bicyclic) bond motifs is 1. The van der Waals surface area contributed by atoms with Crippen LogP contribution in [0.4, 0.5) is 0 Å². The molecule has 0 saturated heterocycles. The lowest BCUT2D eigenvalue weighted by atomic mass is 10.1. The van der Waals surface area contributed by atoms with E-state index in [1.54, 1.807) is 4.57 Å². The predicted octanol–water partition coefficient (Wildman–Crippen LogP) is 4.01. The van der Waals surface area contributed by atoms with Crippen LogP contribution in [0.5, 0.6) is 0 Å². The van der Waals surface area contributed by atoms with Crippen LogP contribution >= 0.6 is 12.2 Å². The number of aromatic nitrogens is 4. The molecule has 1 N–H and O–H groups in total. The molecule has 0 atom stereocenters. The number of aryl methyl sites for hydroxylation is 3. The van der Waals surface area contributed by atoms with E-state index in [-0.39, 0.29) is 5.56 Å². The fourth-order valence-electron chi connectivity index (χ4n) is 2.99. The van der Waals surface area contributed by atoms with E-state index in [9.17, 15) is 4.79 Å². The molecule has 0 fully saturated rings. The third kappa shape index (κ3) is 4.31. The number of aromatic amines is 1. The Kier molecular flexibility index (Phi) is 6.57. The van der Waals surface area contributed by atoms with E-state index in [4.69, 9.17) is 12.2 Å². The summed E-state index contributed by atoms with van der Waals surface area (Å²) in [5.41, 5.74) is 1.13. The Morgan fingerprint density at radius 2 is 1.61 bits per heavy atom. The van der Waals surface area contributed by atoms with Gasteiger partial charge in [-0.1, -0.05) is 51.9 Å². The molecule has 0 amide bonds. The Balaban J connectivity index is 1.93. The topological polar surface area (TPSA) is 55.6 Å². The van der Waals surface area contributed by atoms with E-state index in [1.807, 2.05) is 18.7 Å². The molecule has 23 heavy (non-hydrogen) atoms. The van der Waals surface area contributed by atoms with Crippen molar-refractivity contribution < 1.29 is 0 Å². The van der Waals surface area contributed by atoms with E-state index in [0.717, 1.165) is 18.7 Å². The van der Waals surface area contributed by atoms with Crippen molar-refractivity contribution in [1.29, 1.82) is 0 Å². The Morgan fingerprint density at radius 1 is 1.00 bits per heavy atom. The van der Waals surface area contributed by atoms with Gasteiger partial charge in [-0.2, -0.15) is 0 Å². The minimum absolute atomic E-state index is 0.153. The summed E-state index contributed by atoms with van der Waals surface area (Å²) in [5, 5.41) is 0. The average molecular weight is 337 g/mol. The van der Waals surface area contributed by atoms with Crippen molar-refractivity contribution in [3.8, 4) is 0 Å². The van der Waals surface area contributed by atoms with Crippen molar-refractivity contribution in [3.05, 3.63) is 20.9 Å². The van der Waals surface area contributed by atoms with Gasteiger partial charge in [0.15, 0.2) is 15.9 Å². The van der Waals surface area contributed by atoms with Crippen LogP contribution in [0.1, 0.15) is 64.1 Å². The summed E-state index contributed by atoms with van der Waals surface area (Å²) in [5.74, 6) is 0.965. The first-order chi connectivity index (χ1) is 11.1. The molecule has 2 aromatic heterocycles. The molecule has 2 heterocycles. The van der Waals surface area contributed by atoms with Gasteiger partial charge in [0.2, 0.25) is 0 Å².